The molecule has 7 rings (SSSR count). The van der Waals surface area contributed by atoms with Gasteiger partial charge >= 0.3 is 0 Å². The minimum atomic E-state index is 0.257. The standard InChI is InChI=1S/C35H28N4/c1-24(2)35(39-33-17-9-5-13-29(33)30-14-6-10-18-34(30)39)20-26(19-25-21-36-23-37-22-25)38-31-15-7-3-11-27(31)28-12-4-8-16-32(28)38/h3-24H,1-2H3/b26-19+,35-20+. The van der Waals surface area contributed by atoms with E-state index in [4.69, 9.17) is 0 Å². The van der Waals surface area contributed by atoms with Crippen LogP contribution in [0.25, 0.3) is 61.1 Å². The quantitative estimate of drug-likeness (QED) is 0.219. The van der Waals surface area contributed by atoms with E-state index in [0.717, 1.165) is 11.3 Å². The SMILES string of the molecule is CC(C)/C(=C\C(=C/c1cncnc1)n1c2ccccc2c2ccccc21)n1c2ccccc2c2ccccc21. The number of nitrogens with zero attached hydrogens (tertiary/aromatic N) is 4. The van der Waals surface area contributed by atoms with Crippen molar-refractivity contribution in [1.29, 1.82) is 0 Å². The Hall–Kier alpha value is -4.96. The molecule has 0 aliphatic rings. The molecule has 7 aromatic rings. The molecule has 0 amide bonds. The average molecular weight is 505 g/mol. The van der Waals surface area contributed by atoms with Gasteiger partial charge in [-0.25, -0.2) is 9.97 Å². The van der Waals surface area contributed by atoms with Crippen LogP contribution < -0.4 is 0 Å². The van der Waals surface area contributed by atoms with Crippen molar-refractivity contribution in [3.05, 3.63) is 127 Å². The number of hydrogen-bond acceptors (Lipinski definition) is 2. The van der Waals surface area contributed by atoms with Crippen molar-refractivity contribution in [2.45, 2.75) is 13.8 Å². The monoisotopic (exact) mass is 504 g/mol. The van der Waals surface area contributed by atoms with Crippen molar-refractivity contribution >= 4 is 61.1 Å². The third-order valence-electron chi connectivity index (χ3n) is 7.46. The van der Waals surface area contributed by atoms with E-state index in [-0.39, 0.29) is 5.92 Å². The van der Waals surface area contributed by atoms with E-state index in [1.165, 1.54) is 49.3 Å². The third-order valence-corrected chi connectivity index (χ3v) is 7.46. The molecule has 0 radical (unpaired) electrons. The van der Waals surface area contributed by atoms with Crippen LogP contribution in [-0.2, 0) is 0 Å². The molecule has 0 saturated heterocycles. The number of allylic oxidation sites excluding steroid dienone is 3. The first-order valence-electron chi connectivity index (χ1n) is 13.4. The first kappa shape index (κ1) is 23.2. The fourth-order valence-corrected chi connectivity index (χ4v) is 5.77. The molecule has 0 aliphatic heterocycles. The van der Waals surface area contributed by atoms with E-state index in [1.807, 2.05) is 12.4 Å². The topological polar surface area (TPSA) is 35.6 Å². The van der Waals surface area contributed by atoms with Gasteiger partial charge in [0.25, 0.3) is 0 Å². The van der Waals surface area contributed by atoms with Crippen LogP contribution in [0.5, 0.6) is 0 Å². The normalized spacial score (nSPS) is 12.9. The molecule has 0 atom stereocenters. The van der Waals surface area contributed by atoms with Crippen molar-refractivity contribution in [3.63, 3.8) is 0 Å². The summed E-state index contributed by atoms with van der Waals surface area (Å²) >= 11 is 0. The van der Waals surface area contributed by atoms with Gasteiger partial charge in [-0.3, -0.25) is 0 Å². The molecule has 0 spiro atoms. The highest BCUT2D eigenvalue weighted by atomic mass is 15.0. The van der Waals surface area contributed by atoms with Gasteiger partial charge in [-0.05, 0) is 42.3 Å². The molecule has 0 N–H and O–H groups in total. The molecule has 188 valence electrons. The Labute approximate surface area is 227 Å². The second kappa shape index (κ2) is 9.41. The van der Waals surface area contributed by atoms with Crippen LogP contribution in [-0.4, -0.2) is 19.1 Å². The van der Waals surface area contributed by atoms with Gasteiger partial charge in [-0.1, -0.05) is 86.6 Å². The van der Waals surface area contributed by atoms with Crippen LogP contribution in [0.1, 0.15) is 19.4 Å². The number of benzene rings is 4. The molecule has 0 bridgehead atoms. The van der Waals surface area contributed by atoms with Gasteiger partial charge in [0.2, 0.25) is 0 Å². The van der Waals surface area contributed by atoms with E-state index >= 15 is 0 Å². The summed E-state index contributed by atoms with van der Waals surface area (Å²) < 4.78 is 4.80. The number of hydrogen-bond donors (Lipinski definition) is 0. The lowest BCUT2D eigenvalue weighted by molar-refractivity contribution is 0.808. The van der Waals surface area contributed by atoms with Crippen molar-refractivity contribution in [3.8, 4) is 0 Å². The number of aromatic nitrogens is 4. The van der Waals surface area contributed by atoms with Crippen LogP contribution in [0.4, 0.5) is 0 Å². The zero-order chi connectivity index (χ0) is 26.3. The van der Waals surface area contributed by atoms with Gasteiger partial charge in [-0.2, -0.15) is 0 Å². The Morgan fingerprint density at radius 2 is 1.00 bits per heavy atom. The van der Waals surface area contributed by atoms with Crippen LogP contribution in [0, 0.1) is 5.92 Å². The first-order valence-corrected chi connectivity index (χ1v) is 13.4. The summed E-state index contributed by atoms with van der Waals surface area (Å²) in [4.78, 5) is 8.60. The molecule has 3 heterocycles. The highest BCUT2D eigenvalue weighted by molar-refractivity contribution is 6.12. The molecule has 0 aliphatic carbocycles. The number of fused-ring (bicyclic) bond motifs is 6. The van der Waals surface area contributed by atoms with Crippen molar-refractivity contribution in [2.24, 2.45) is 5.92 Å². The zero-order valence-corrected chi connectivity index (χ0v) is 22.0. The fraction of sp³-hybridized carbons (Fsp3) is 0.0857. The summed E-state index contributed by atoms with van der Waals surface area (Å²) in [5.41, 5.74) is 8.00. The highest BCUT2D eigenvalue weighted by Gasteiger charge is 2.18. The molecule has 39 heavy (non-hydrogen) atoms. The Balaban J connectivity index is 1.59. The van der Waals surface area contributed by atoms with E-state index in [2.05, 4.69) is 142 Å². The van der Waals surface area contributed by atoms with Gasteiger partial charge in [-0.15, -0.1) is 0 Å². The van der Waals surface area contributed by atoms with Crippen LogP contribution >= 0.6 is 0 Å². The smallest absolute Gasteiger partial charge is 0.115 e. The summed E-state index contributed by atoms with van der Waals surface area (Å²) in [6.45, 7) is 4.54. The van der Waals surface area contributed by atoms with Gasteiger partial charge in [0, 0.05) is 50.9 Å². The van der Waals surface area contributed by atoms with Gasteiger partial charge < -0.3 is 9.13 Å². The van der Waals surface area contributed by atoms with Crippen LogP contribution in [0.3, 0.4) is 0 Å². The van der Waals surface area contributed by atoms with E-state index in [1.54, 1.807) is 6.33 Å². The lowest BCUT2D eigenvalue weighted by atomic mass is 10.1. The molecule has 0 fully saturated rings. The van der Waals surface area contributed by atoms with Crippen LogP contribution in [0.2, 0.25) is 0 Å². The number of para-hydroxylation sites is 4. The summed E-state index contributed by atoms with van der Waals surface area (Å²) in [7, 11) is 0. The van der Waals surface area contributed by atoms with E-state index < -0.39 is 0 Å². The van der Waals surface area contributed by atoms with Crippen LogP contribution in [0.15, 0.2) is 122 Å². The van der Waals surface area contributed by atoms with Crippen molar-refractivity contribution in [1.82, 2.24) is 19.1 Å². The summed E-state index contributed by atoms with van der Waals surface area (Å²) in [5, 5.41) is 5.00. The Morgan fingerprint density at radius 3 is 1.44 bits per heavy atom. The molecule has 4 heteroatoms. The zero-order valence-electron chi connectivity index (χ0n) is 22.0. The molecular formula is C35H28N4. The molecule has 4 aromatic carbocycles. The molecule has 3 aromatic heterocycles. The van der Waals surface area contributed by atoms with E-state index in [0.29, 0.717) is 0 Å². The third kappa shape index (κ3) is 3.84. The van der Waals surface area contributed by atoms with Gasteiger partial charge in [0.1, 0.15) is 6.33 Å². The summed E-state index contributed by atoms with van der Waals surface area (Å²) in [5.74, 6) is 0.257. The molecule has 4 nitrogen and oxygen atoms in total. The maximum atomic E-state index is 4.30. The highest BCUT2D eigenvalue weighted by Crippen LogP contribution is 2.37. The van der Waals surface area contributed by atoms with Crippen molar-refractivity contribution in [2.75, 3.05) is 0 Å². The first-order chi connectivity index (χ1) is 19.2. The average Bonchev–Trinajstić information content (AvgIpc) is 3.49. The Morgan fingerprint density at radius 1 is 0.590 bits per heavy atom. The van der Waals surface area contributed by atoms with E-state index in [9.17, 15) is 0 Å². The number of rotatable bonds is 5. The van der Waals surface area contributed by atoms with Gasteiger partial charge in [0.05, 0.1) is 22.1 Å². The minimum absolute atomic E-state index is 0.257. The largest absolute Gasteiger partial charge is 0.313 e. The molecular weight excluding hydrogens is 476 g/mol. The Bertz CT molecular complexity index is 1930. The lowest BCUT2D eigenvalue weighted by Crippen LogP contribution is -2.06. The second-order valence-corrected chi connectivity index (χ2v) is 10.2. The fourth-order valence-electron chi connectivity index (χ4n) is 5.77. The molecule has 0 saturated carbocycles. The predicted molar refractivity (Wildman–Crippen MR) is 164 cm³/mol. The maximum absolute atomic E-state index is 4.30. The van der Waals surface area contributed by atoms with Crippen molar-refractivity contribution < 1.29 is 0 Å². The summed E-state index contributed by atoms with van der Waals surface area (Å²) in [6.07, 6.45) is 9.84. The minimum Gasteiger partial charge on any atom is -0.313 e. The lowest BCUT2D eigenvalue weighted by Gasteiger charge is -2.19. The Kier molecular flexibility index (Phi) is 5.59. The predicted octanol–water partition coefficient (Wildman–Crippen LogP) is 8.89. The molecule has 0 unspecified atom stereocenters. The summed E-state index contributed by atoms with van der Waals surface area (Å²) in [6, 6.07) is 34.6. The van der Waals surface area contributed by atoms with Gasteiger partial charge in [0.15, 0.2) is 0 Å². The second-order valence-electron chi connectivity index (χ2n) is 10.2. The maximum Gasteiger partial charge on any atom is 0.115 e.